The first-order valence-corrected chi connectivity index (χ1v) is 11.8. The third-order valence-electron chi connectivity index (χ3n) is 6.29. The molecule has 1 aliphatic rings. The van der Waals surface area contributed by atoms with E-state index in [0.29, 0.717) is 11.2 Å². The Bertz CT molecular complexity index is 1390. The highest BCUT2D eigenvalue weighted by Gasteiger charge is 2.23. The number of nitrogens with one attached hydrogen (secondary N) is 1. The van der Waals surface area contributed by atoms with Crippen LogP contribution in [0.5, 0.6) is 0 Å². The molecule has 1 N–H and O–H groups in total. The van der Waals surface area contributed by atoms with Gasteiger partial charge in [0.15, 0.2) is 0 Å². The van der Waals surface area contributed by atoms with Gasteiger partial charge in [-0.15, -0.1) is 11.3 Å². The quantitative estimate of drug-likeness (QED) is 0.468. The van der Waals surface area contributed by atoms with Crippen molar-refractivity contribution < 1.29 is 4.79 Å². The van der Waals surface area contributed by atoms with Crippen LogP contribution >= 0.6 is 11.3 Å². The summed E-state index contributed by atoms with van der Waals surface area (Å²) < 4.78 is 1.54. The third kappa shape index (κ3) is 3.65. The minimum absolute atomic E-state index is 0.0794. The van der Waals surface area contributed by atoms with Crippen molar-refractivity contribution in [2.24, 2.45) is 0 Å². The number of hydrogen-bond donors (Lipinski definition) is 1. The summed E-state index contributed by atoms with van der Waals surface area (Å²) in [6.07, 6.45) is 4.15. The van der Waals surface area contributed by atoms with Crippen LogP contribution in [0.3, 0.4) is 0 Å². The van der Waals surface area contributed by atoms with Gasteiger partial charge >= 0.3 is 0 Å². The summed E-state index contributed by atoms with van der Waals surface area (Å²) in [5, 5.41) is 3.68. The zero-order valence-corrected chi connectivity index (χ0v) is 19.1. The molecule has 0 bridgehead atoms. The van der Waals surface area contributed by atoms with Crippen LogP contribution in [0, 0.1) is 13.8 Å². The number of thiophene rings is 1. The lowest BCUT2D eigenvalue weighted by Gasteiger charge is -2.15. The van der Waals surface area contributed by atoms with Crippen LogP contribution < -0.4 is 10.9 Å². The number of benzene rings is 2. The van der Waals surface area contributed by atoms with Gasteiger partial charge in [-0.25, -0.2) is 4.98 Å². The van der Waals surface area contributed by atoms with Gasteiger partial charge in [0.25, 0.3) is 5.56 Å². The van der Waals surface area contributed by atoms with E-state index in [1.165, 1.54) is 4.88 Å². The second-order valence-corrected chi connectivity index (χ2v) is 9.46. The molecule has 4 aromatic rings. The second kappa shape index (κ2) is 8.36. The van der Waals surface area contributed by atoms with Gasteiger partial charge in [-0.3, -0.25) is 14.2 Å². The highest BCUT2D eigenvalue weighted by atomic mass is 32.1. The fourth-order valence-electron chi connectivity index (χ4n) is 4.41. The van der Waals surface area contributed by atoms with Crippen LogP contribution in [-0.4, -0.2) is 15.5 Å². The van der Waals surface area contributed by atoms with Crippen molar-refractivity contribution in [2.45, 2.75) is 46.1 Å². The van der Waals surface area contributed by atoms with Crippen molar-refractivity contribution in [3.63, 3.8) is 0 Å². The number of amides is 1. The lowest BCUT2D eigenvalue weighted by atomic mass is 9.97. The molecule has 0 saturated carbocycles. The zero-order chi connectivity index (χ0) is 22.2. The van der Waals surface area contributed by atoms with Crippen molar-refractivity contribution >= 4 is 33.1 Å². The Balaban J connectivity index is 1.61. The normalized spacial score (nSPS) is 13.2. The fraction of sp³-hybridized carbons (Fsp3) is 0.269. The average molecular weight is 444 g/mol. The van der Waals surface area contributed by atoms with Gasteiger partial charge in [-0.1, -0.05) is 42.5 Å². The lowest BCUT2D eigenvalue weighted by Crippen LogP contribution is -2.30. The molecule has 2 aromatic heterocycles. The molecule has 0 fully saturated rings. The molecular formula is C26H25N3O2S. The Morgan fingerprint density at radius 2 is 1.84 bits per heavy atom. The average Bonchev–Trinajstić information content (AvgIpc) is 3.18. The molecule has 0 saturated heterocycles. The number of rotatable bonds is 4. The van der Waals surface area contributed by atoms with E-state index in [2.05, 4.69) is 5.32 Å². The van der Waals surface area contributed by atoms with E-state index in [1.54, 1.807) is 15.9 Å². The minimum Gasteiger partial charge on any atom is -0.324 e. The van der Waals surface area contributed by atoms with Gasteiger partial charge in [0, 0.05) is 16.1 Å². The first kappa shape index (κ1) is 20.6. The topological polar surface area (TPSA) is 64.0 Å². The zero-order valence-electron chi connectivity index (χ0n) is 18.3. The van der Waals surface area contributed by atoms with Gasteiger partial charge in [-0.2, -0.15) is 0 Å². The summed E-state index contributed by atoms with van der Waals surface area (Å²) in [5.41, 5.74) is 4.75. The summed E-state index contributed by atoms with van der Waals surface area (Å²) >= 11 is 1.63. The number of aromatic nitrogens is 2. The van der Waals surface area contributed by atoms with E-state index in [9.17, 15) is 9.59 Å². The van der Waals surface area contributed by atoms with E-state index in [-0.39, 0.29) is 18.0 Å². The molecule has 1 aliphatic carbocycles. The van der Waals surface area contributed by atoms with Gasteiger partial charge in [0.2, 0.25) is 5.91 Å². The van der Waals surface area contributed by atoms with Crippen molar-refractivity contribution in [3.05, 3.63) is 80.5 Å². The number of nitrogens with zero attached hydrogens (tertiary/aromatic N) is 2. The maximum absolute atomic E-state index is 13.7. The molecule has 2 heterocycles. The molecule has 2 aromatic carbocycles. The van der Waals surface area contributed by atoms with Crippen LogP contribution in [0.15, 0.2) is 53.3 Å². The molecule has 0 atom stereocenters. The number of fused-ring (bicyclic) bond motifs is 3. The van der Waals surface area contributed by atoms with Crippen LogP contribution in [0.25, 0.3) is 21.6 Å². The van der Waals surface area contributed by atoms with E-state index < -0.39 is 0 Å². The fourth-order valence-corrected chi connectivity index (χ4v) is 5.66. The van der Waals surface area contributed by atoms with E-state index in [4.69, 9.17) is 4.98 Å². The highest BCUT2D eigenvalue weighted by Crippen LogP contribution is 2.34. The Labute approximate surface area is 190 Å². The lowest BCUT2D eigenvalue weighted by molar-refractivity contribution is -0.116. The van der Waals surface area contributed by atoms with Crippen LogP contribution in [0.4, 0.5) is 5.69 Å². The Hall–Kier alpha value is -3.25. The van der Waals surface area contributed by atoms with Crippen LogP contribution in [0.2, 0.25) is 0 Å². The summed E-state index contributed by atoms with van der Waals surface area (Å²) in [5.74, 6) is 0.307. The van der Waals surface area contributed by atoms with E-state index >= 15 is 0 Å². The monoisotopic (exact) mass is 443 g/mol. The first-order valence-electron chi connectivity index (χ1n) is 11.0. The van der Waals surface area contributed by atoms with Gasteiger partial charge < -0.3 is 5.32 Å². The van der Waals surface area contributed by atoms with E-state index in [1.807, 2.05) is 62.4 Å². The van der Waals surface area contributed by atoms with Crippen molar-refractivity contribution in [1.82, 2.24) is 9.55 Å². The van der Waals surface area contributed by atoms with Gasteiger partial charge in [-0.05, 0) is 62.3 Å². The molecule has 6 heteroatoms. The Morgan fingerprint density at radius 1 is 1.06 bits per heavy atom. The molecular weight excluding hydrogens is 418 g/mol. The van der Waals surface area contributed by atoms with Gasteiger partial charge in [0.1, 0.15) is 17.2 Å². The predicted molar refractivity (Wildman–Crippen MR) is 131 cm³/mol. The summed E-state index contributed by atoms with van der Waals surface area (Å²) in [7, 11) is 0. The molecule has 5 rings (SSSR count). The van der Waals surface area contributed by atoms with Gasteiger partial charge in [0.05, 0.1) is 5.39 Å². The molecule has 1 amide bonds. The molecule has 0 radical (unpaired) electrons. The molecule has 0 spiro atoms. The molecule has 0 aliphatic heterocycles. The number of hydrogen-bond acceptors (Lipinski definition) is 4. The first-order chi connectivity index (χ1) is 15.5. The predicted octanol–water partition coefficient (Wildman–Crippen LogP) is 5.26. The Kier molecular flexibility index (Phi) is 5.39. The maximum atomic E-state index is 13.7. The maximum Gasteiger partial charge on any atom is 0.263 e. The molecule has 0 unspecified atom stereocenters. The third-order valence-corrected chi connectivity index (χ3v) is 7.47. The Morgan fingerprint density at radius 3 is 2.66 bits per heavy atom. The SMILES string of the molecule is Cc1cccc(NC(=O)Cn2c(-c3ccccc3)nc3sc4c(c3c2=O)CCCC4)c1C. The largest absolute Gasteiger partial charge is 0.324 e. The molecule has 32 heavy (non-hydrogen) atoms. The second-order valence-electron chi connectivity index (χ2n) is 8.38. The number of anilines is 1. The highest BCUT2D eigenvalue weighted by molar-refractivity contribution is 7.18. The van der Waals surface area contributed by atoms with Crippen molar-refractivity contribution in [1.29, 1.82) is 0 Å². The minimum atomic E-state index is -0.233. The molecule has 162 valence electrons. The van der Waals surface area contributed by atoms with E-state index in [0.717, 1.165) is 58.5 Å². The standard InChI is InChI=1S/C26H25N3O2S/c1-16-9-8-13-20(17(16)2)27-22(30)15-29-24(18-10-4-3-5-11-18)28-25-23(26(29)31)19-12-6-7-14-21(19)32-25/h3-5,8-11,13H,6-7,12,14-15H2,1-2H3,(H,27,30). The summed E-state index contributed by atoms with van der Waals surface area (Å²) in [4.78, 5) is 33.7. The van der Waals surface area contributed by atoms with Crippen molar-refractivity contribution in [3.8, 4) is 11.4 Å². The summed E-state index contributed by atoms with van der Waals surface area (Å²) in [6, 6.07) is 15.5. The van der Waals surface area contributed by atoms with Crippen LogP contribution in [-0.2, 0) is 24.2 Å². The van der Waals surface area contributed by atoms with Crippen molar-refractivity contribution in [2.75, 3.05) is 5.32 Å². The number of carbonyl (C=O) groups is 1. The molecule has 5 nitrogen and oxygen atoms in total. The summed E-state index contributed by atoms with van der Waals surface area (Å²) in [6.45, 7) is 3.92. The number of carbonyl (C=O) groups excluding carboxylic acids is 1. The number of aryl methyl sites for hydroxylation is 3. The van der Waals surface area contributed by atoms with Crippen LogP contribution in [0.1, 0.15) is 34.4 Å². The smallest absolute Gasteiger partial charge is 0.263 e.